The molecular formula is C72H134O6. The Labute approximate surface area is 486 Å². The SMILES string of the molecule is CCCCCCC/C=C\C/C=C\C/C=C\CCCCCCCCC(=O)OC(COC(=O)CCCCCCCCCCC)COC(=O)CCCCCCCCCCCCCCCCCCCCCCCCCCCCCCCC. The van der Waals surface area contributed by atoms with Gasteiger partial charge in [-0.3, -0.25) is 14.4 Å². The average molecular weight is 1100 g/mol. The van der Waals surface area contributed by atoms with E-state index in [1.54, 1.807) is 0 Å². The average Bonchev–Trinajstić information content (AvgIpc) is 3.44. The molecule has 458 valence electrons. The molecule has 0 saturated carbocycles. The van der Waals surface area contributed by atoms with E-state index >= 15 is 0 Å². The first-order valence-electron chi connectivity index (χ1n) is 35.0. The first-order chi connectivity index (χ1) is 38.5. The maximum Gasteiger partial charge on any atom is 0.306 e. The Morgan fingerprint density at radius 2 is 0.462 bits per heavy atom. The minimum Gasteiger partial charge on any atom is -0.462 e. The number of ether oxygens (including phenoxy) is 3. The maximum absolute atomic E-state index is 12.9. The van der Waals surface area contributed by atoms with Crippen LogP contribution in [-0.2, 0) is 28.6 Å². The van der Waals surface area contributed by atoms with Gasteiger partial charge in [-0.05, 0) is 57.8 Å². The van der Waals surface area contributed by atoms with Gasteiger partial charge in [-0.25, -0.2) is 0 Å². The third kappa shape index (κ3) is 64.5. The van der Waals surface area contributed by atoms with Crippen LogP contribution >= 0.6 is 0 Å². The van der Waals surface area contributed by atoms with Crippen LogP contribution in [0.4, 0.5) is 0 Å². The molecule has 0 aliphatic carbocycles. The molecule has 0 N–H and O–H groups in total. The monoisotopic (exact) mass is 1100 g/mol. The number of carbonyl (C=O) groups is 3. The summed E-state index contributed by atoms with van der Waals surface area (Å²) in [7, 11) is 0. The highest BCUT2D eigenvalue weighted by Gasteiger charge is 2.19. The fraction of sp³-hybridized carbons (Fsp3) is 0.875. The van der Waals surface area contributed by atoms with Crippen LogP contribution in [0, 0.1) is 0 Å². The third-order valence-corrected chi connectivity index (χ3v) is 15.9. The molecule has 0 spiro atoms. The van der Waals surface area contributed by atoms with Crippen molar-refractivity contribution in [1.29, 1.82) is 0 Å². The molecule has 0 bridgehead atoms. The number of rotatable bonds is 65. The number of unbranched alkanes of at least 4 members (excludes halogenated alkanes) is 48. The molecule has 0 radical (unpaired) electrons. The first-order valence-corrected chi connectivity index (χ1v) is 35.0. The lowest BCUT2D eigenvalue weighted by molar-refractivity contribution is -0.167. The van der Waals surface area contributed by atoms with Gasteiger partial charge in [-0.15, -0.1) is 0 Å². The summed E-state index contributed by atoms with van der Waals surface area (Å²) in [4.78, 5) is 38.2. The summed E-state index contributed by atoms with van der Waals surface area (Å²) in [5.41, 5.74) is 0. The largest absolute Gasteiger partial charge is 0.462 e. The Morgan fingerprint density at radius 3 is 0.718 bits per heavy atom. The van der Waals surface area contributed by atoms with E-state index < -0.39 is 6.10 Å². The lowest BCUT2D eigenvalue weighted by Gasteiger charge is -2.18. The van der Waals surface area contributed by atoms with Crippen LogP contribution in [0.5, 0.6) is 0 Å². The second kappa shape index (κ2) is 67.1. The summed E-state index contributed by atoms with van der Waals surface area (Å²) in [6.07, 6.45) is 83.4. The molecule has 0 heterocycles. The predicted molar refractivity (Wildman–Crippen MR) is 339 cm³/mol. The number of carbonyl (C=O) groups excluding carboxylic acids is 3. The second-order valence-corrected chi connectivity index (χ2v) is 23.8. The maximum atomic E-state index is 12.9. The Bertz CT molecular complexity index is 1300. The van der Waals surface area contributed by atoms with Crippen molar-refractivity contribution in [3.05, 3.63) is 36.5 Å². The van der Waals surface area contributed by atoms with Gasteiger partial charge in [0.15, 0.2) is 6.10 Å². The van der Waals surface area contributed by atoms with E-state index in [0.29, 0.717) is 19.3 Å². The Morgan fingerprint density at radius 1 is 0.256 bits per heavy atom. The number of esters is 3. The molecule has 0 aromatic heterocycles. The fourth-order valence-corrected chi connectivity index (χ4v) is 10.6. The van der Waals surface area contributed by atoms with Gasteiger partial charge >= 0.3 is 17.9 Å². The zero-order chi connectivity index (χ0) is 56.4. The second-order valence-electron chi connectivity index (χ2n) is 23.8. The molecule has 1 unspecified atom stereocenters. The quantitative estimate of drug-likeness (QED) is 0.0261. The smallest absolute Gasteiger partial charge is 0.306 e. The van der Waals surface area contributed by atoms with Crippen LogP contribution in [0.3, 0.4) is 0 Å². The summed E-state index contributed by atoms with van der Waals surface area (Å²) in [5, 5.41) is 0. The van der Waals surface area contributed by atoms with E-state index in [0.717, 1.165) is 77.0 Å². The van der Waals surface area contributed by atoms with Crippen molar-refractivity contribution < 1.29 is 28.6 Å². The van der Waals surface area contributed by atoms with Gasteiger partial charge in [0.25, 0.3) is 0 Å². The molecule has 0 aromatic rings. The number of allylic oxidation sites excluding steroid dienone is 6. The molecule has 0 aromatic carbocycles. The molecule has 78 heavy (non-hydrogen) atoms. The molecule has 0 saturated heterocycles. The molecule has 0 aliphatic rings. The summed E-state index contributed by atoms with van der Waals surface area (Å²) < 4.78 is 16.9. The Balaban J connectivity index is 4.09. The van der Waals surface area contributed by atoms with Crippen molar-refractivity contribution in [1.82, 2.24) is 0 Å². The Kier molecular flexibility index (Phi) is 65.1. The van der Waals surface area contributed by atoms with E-state index in [-0.39, 0.29) is 31.1 Å². The van der Waals surface area contributed by atoms with Crippen LogP contribution in [-0.4, -0.2) is 37.2 Å². The molecule has 6 heteroatoms. The highest BCUT2D eigenvalue weighted by molar-refractivity contribution is 5.71. The van der Waals surface area contributed by atoms with Gasteiger partial charge in [0, 0.05) is 19.3 Å². The lowest BCUT2D eigenvalue weighted by Crippen LogP contribution is -2.30. The van der Waals surface area contributed by atoms with Crippen LogP contribution < -0.4 is 0 Å². The van der Waals surface area contributed by atoms with Crippen molar-refractivity contribution in [2.45, 2.75) is 393 Å². The third-order valence-electron chi connectivity index (χ3n) is 15.9. The van der Waals surface area contributed by atoms with Crippen LogP contribution in [0.1, 0.15) is 387 Å². The summed E-state index contributed by atoms with van der Waals surface area (Å²) in [6.45, 7) is 6.66. The zero-order valence-corrected chi connectivity index (χ0v) is 52.7. The van der Waals surface area contributed by atoms with E-state index in [4.69, 9.17) is 14.2 Å². The summed E-state index contributed by atoms with van der Waals surface area (Å²) in [5.74, 6) is -0.863. The van der Waals surface area contributed by atoms with Crippen molar-refractivity contribution >= 4 is 17.9 Å². The van der Waals surface area contributed by atoms with E-state index in [1.165, 1.54) is 270 Å². The summed E-state index contributed by atoms with van der Waals surface area (Å²) in [6, 6.07) is 0. The van der Waals surface area contributed by atoms with Crippen LogP contribution in [0.2, 0.25) is 0 Å². The van der Waals surface area contributed by atoms with E-state index in [2.05, 4.69) is 57.2 Å². The fourth-order valence-electron chi connectivity index (χ4n) is 10.6. The number of hydrogen-bond donors (Lipinski definition) is 0. The van der Waals surface area contributed by atoms with E-state index in [9.17, 15) is 14.4 Å². The highest BCUT2D eigenvalue weighted by atomic mass is 16.6. The summed E-state index contributed by atoms with van der Waals surface area (Å²) >= 11 is 0. The van der Waals surface area contributed by atoms with Crippen LogP contribution in [0.25, 0.3) is 0 Å². The van der Waals surface area contributed by atoms with Gasteiger partial charge < -0.3 is 14.2 Å². The molecule has 0 rings (SSSR count). The van der Waals surface area contributed by atoms with Crippen LogP contribution in [0.15, 0.2) is 36.5 Å². The molecule has 0 fully saturated rings. The normalized spacial score (nSPS) is 12.2. The van der Waals surface area contributed by atoms with Gasteiger partial charge in [0.05, 0.1) is 0 Å². The predicted octanol–water partition coefficient (Wildman–Crippen LogP) is 23.9. The lowest BCUT2D eigenvalue weighted by atomic mass is 10.0. The molecule has 6 nitrogen and oxygen atoms in total. The van der Waals surface area contributed by atoms with Gasteiger partial charge in [-0.1, -0.05) is 346 Å². The Hall–Kier alpha value is -2.37. The molecule has 1 atom stereocenters. The van der Waals surface area contributed by atoms with Gasteiger partial charge in [0.1, 0.15) is 13.2 Å². The molecule has 0 aliphatic heterocycles. The first kappa shape index (κ1) is 75.6. The van der Waals surface area contributed by atoms with Gasteiger partial charge in [-0.2, -0.15) is 0 Å². The molecule has 0 amide bonds. The number of hydrogen-bond acceptors (Lipinski definition) is 6. The topological polar surface area (TPSA) is 78.9 Å². The van der Waals surface area contributed by atoms with Crippen molar-refractivity contribution in [2.24, 2.45) is 0 Å². The highest BCUT2D eigenvalue weighted by Crippen LogP contribution is 2.19. The van der Waals surface area contributed by atoms with Crippen molar-refractivity contribution in [3.8, 4) is 0 Å². The van der Waals surface area contributed by atoms with Crippen molar-refractivity contribution in [2.75, 3.05) is 13.2 Å². The van der Waals surface area contributed by atoms with E-state index in [1.807, 2.05) is 0 Å². The minimum absolute atomic E-state index is 0.0726. The molecular weight excluding hydrogens is 961 g/mol. The van der Waals surface area contributed by atoms with Gasteiger partial charge in [0.2, 0.25) is 0 Å². The zero-order valence-electron chi connectivity index (χ0n) is 52.7. The van der Waals surface area contributed by atoms with Crippen molar-refractivity contribution in [3.63, 3.8) is 0 Å². The standard InChI is InChI=1S/C72H134O6/c1-4-7-10-13-16-19-21-23-25-27-29-31-32-33-34-35-36-37-38-39-41-42-44-46-48-50-53-56-59-62-65-71(74)77-68-69(67-76-70(73)64-61-58-55-52-18-15-12-9-6-3)78-72(75)66-63-60-57-54-51-49-47-45-43-40-30-28-26-24-22-20-17-14-11-8-5-2/h22,24,28,30,43,45,69H,4-21,23,25-27,29,31-42,44,46-68H2,1-3H3/b24-22-,30-28-,45-43-. The minimum atomic E-state index is -0.776.